The molecule has 0 aromatic heterocycles. The molecular weight excluding hydrogens is 1340 g/mol. The Morgan fingerprint density at radius 2 is 0.922 bits per heavy atom. The molecule has 6 aromatic carbocycles. The lowest BCUT2D eigenvalue weighted by Crippen LogP contribution is -2.62. The lowest BCUT2D eigenvalue weighted by atomic mass is 9.98. The number of ether oxygens (including phenoxy) is 12. The van der Waals surface area contributed by atoms with Crippen LogP contribution in [0.15, 0.2) is 133 Å². The lowest BCUT2D eigenvalue weighted by Gasteiger charge is -2.44. The van der Waals surface area contributed by atoms with Crippen molar-refractivity contribution in [2.45, 2.75) is 190 Å². The Morgan fingerprint density at radius 1 is 0.490 bits per heavy atom. The van der Waals surface area contributed by atoms with Gasteiger partial charge >= 0.3 is 12.2 Å². The highest BCUT2D eigenvalue weighted by atomic mass is 32.1. The Bertz CT molecular complexity index is 3330. The predicted octanol–water partition coefficient (Wildman–Crippen LogP) is 4.59. The zero-order chi connectivity index (χ0) is 72.0. The van der Waals surface area contributed by atoms with Crippen LogP contribution in [-0.2, 0) is 73.4 Å². The molecule has 17 atom stereocenters. The minimum Gasteiger partial charge on any atom is -0.494 e. The van der Waals surface area contributed by atoms with Crippen molar-refractivity contribution >= 4 is 47.2 Å². The van der Waals surface area contributed by atoms with Crippen LogP contribution >= 0.6 is 13.5 Å². The van der Waals surface area contributed by atoms with Crippen LogP contribution in [0.5, 0.6) is 11.5 Å². The summed E-state index contributed by atoms with van der Waals surface area (Å²) in [5.74, 6) is 1.68. The fourth-order valence-electron chi connectivity index (χ4n) is 11.5. The molecule has 0 saturated carbocycles. The SMILES string of the molecule is CC1OC[C@@H](O)[C@H]([C@H](O)[C@@H](O)CNCCCOc2ccc3cc(CCCCNC(=O)OCc4ccccc4)ccc3c2)O1.CC1OC[C@H]2O[C@H](O)[C@H](O)[C@@H](O)[C@@H]2O1.CC1OC[C@H]2O[C@H](O)[C@H](O)[C@@H](O)[C@@H]2O1.NCCCOc1ccc2cc(CCCCNC(=O)OCc3ccccc3)ccc2c1.S. The number of alkyl carbamates (subject to hydrolysis) is 2. The van der Waals surface area contributed by atoms with E-state index in [1.54, 1.807) is 20.8 Å². The Morgan fingerprint density at radius 3 is 1.39 bits per heavy atom. The van der Waals surface area contributed by atoms with Gasteiger partial charge in [0, 0.05) is 19.6 Å². The molecule has 0 bridgehead atoms. The highest BCUT2D eigenvalue weighted by Gasteiger charge is 2.49. The zero-order valence-electron chi connectivity index (χ0n) is 58.0. The van der Waals surface area contributed by atoms with Gasteiger partial charge in [0.2, 0.25) is 0 Å². The van der Waals surface area contributed by atoms with Crippen molar-refractivity contribution in [3.63, 3.8) is 0 Å². The number of unbranched alkanes of at least 4 members (excludes halogenated alkanes) is 2. The first kappa shape index (κ1) is 82.9. The summed E-state index contributed by atoms with van der Waals surface area (Å²) in [5.41, 5.74) is 10.00. The molecule has 5 aliphatic rings. The quantitative estimate of drug-likeness (QED) is 0.0313. The van der Waals surface area contributed by atoms with Crippen LogP contribution in [0.4, 0.5) is 9.59 Å². The van der Waals surface area contributed by atoms with E-state index in [0.717, 1.165) is 78.3 Å². The summed E-state index contributed by atoms with van der Waals surface area (Å²) in [6.07, 6.45) is -9.19. The number of benzene rings is 6. The predicted molar refractivity (Wildman–Crippen MR) is 380 cm³/mol. The van der Waals surface area contributed by atoms with Crippen molar-refractivity contribution in [2.75, 3.05) is 65.8 Å². The Kier molecular flexibility index (Phi) is 35.5. The van der Waals surface area contributed by atoms with Gasteiger partial charge in [0.1, 0.15) is 91.9 Å². The number of amides is 2. The van der Waals surface area contributed by atoms with Gasteiger partial charge in [-0.1, -0.05) is 109 Å². The van der Waals surface area contributed by atoms with Gasteiger partial charge in [-0.3, -0.25) is 0 Å². The maximum atomic E-state index is 11.9. The average Bonchev–Trinajstić information content (AvgIpc) is 0.812. The molecule has 102 heavy (non-hydrogen) atoms. The Hall–Kier alpha value is -6.43. The van der Waals surface area contributed by atoms with Crippen molar-refractivity contribution in [1.29, 1.82) is 0 Å². The van der Waals surface area contributed by atoms with Crippen LogP contribution in [-0.4, -0.2) is 229 Å². The number of rotatable bonds is 27. The minimum atomic E-state index is -1.38. The van der Waals surface area contributed by atoms with E-state index >= 15 is 0 Å². The number of hydrogen-bond donors (Lipinski definition) is 13. The number of aryl methyl sites for hydroxylation is 2. The van der Waals surface area contributed by atoms with Crippen LogP contribution < -0.4 is 31.2 Å². The highest BCUT2D eigenvalue weighted by molar-refractivity contribution is 7.59. The molecule has 14 N–H and O–H groups in total. The van der Waals surface area contributed by atoms with Crippen LogP contribution in [0, 0.1) is 0 Å². The van der Waals surface area contributed by atoms with E-state index in [1.165, 1.54) is 21.9 Å². The minimum absolute atomic E-state index is 0. The fraction of sp³-hybridized carbons (Fsp3) is 0.541. The highest BCUT2D eigenvalue weighted by Crippen LogP contribution is 2.30. The van der Waals surface area contributed by atoms with Crippen LogP contribution in [0.25, 0.3) is 21.5 Å². The second-order valence-electron chi connectivity index (χ2n) is 25.2. The molecule has 6 aromatic rings. The van der Waals surface area contributed by atoms with E-state index in [4.69, 9.17) is 62.6 Å². The number of nitrogens with two attached hydrogens (primary N) is 1. The van der Waals surface area contributed by atoms with E-state index in [2.05, 4.69) is 70.5 Å². The molecule has 27 nitrogen and oxygen atoms in total. The molecule has 0 aliphatic carbocycles. The molecule has 5 fully saturated rings. The van der Waals surface area contributed by atoms with Crippen molar-refractivity contribution < 1.29 is 112 Å². The monoisotopic (exact) mass is 1450 g/mol. The largest absolute Gasteiger partial charge is 0.494 e. The smallest absolute Gasteiger partial charge is 0.407 e. The van der Waals surface area contributed by atoms with Gasteiger partial charge in [-0.25, -0.2) is 9.59 Å². The number of carbonyl (C=O) groups excluding carboxylic acids is 2. The molecule has 5 aliphatic heterocycles. The average molecular weight is 1450 g/mol. The molecule has 11 rings (SSSR count). The summed E-state index contributed by atoms with van der Waals surface area (Å²) >= 11 is 0. The summed E-state index contributed by atoms with van der Waals surface area (Å²) in [6.45, 7) is 9.93. The third kappa shape index (κ3) is 26.9. The number of nitrogens with one attached hydrogen (secondary N) is 3. The third-order valence-electron chi connectivity index (χ3n) is 17.2. The normalized spacial score (nSPS) is 26.4. The molecule has 2 amide bonds. The summed E-state index contributed by atoms with van der Waals surface area (Å²) in [4.78, 5) is 23.6. The van der Waals surface area contributed by atoms with Gasteiger partial charge in [0.05, 0.1) is 39.1 Å². The summed E-state index contributed by atoms with van der Waals surface area (Å²) in [7, 11) is 0. The summed E-state index contributed by atoms with van der Waals surface area (Å²) < 4.78 is 63.5. The first-order valence-corrected chi connectivity index (χ1v) is 34.7. The molecule has 564 valence electrons. The standard InChI is InChI=1S/C33H44N2O8.C25H30N2O3.2C8H14O6.H2S/c1-23-41-22-30(37)32(43-23)31(38)29(36)20-34-15-7-17-40-28-14-13-26-18-24(11-12-27(26)19-28)8-5-6-16-35-33(39)42-21-25-9-3-2-4-10-25;26-14-6-16-29-24-13-12-22-17-20(10-11-23(22)18-24)7-4-5-15-27-25(28)30-19-21-8-2-1-3-9-21;2*1-3-12-2-4-7(13-3)5(9)6(10)8(11)14-4;/h2-4,9-14,18-19,23,29-32,34,36-38H,5-8,15-17,20-22H2,1H3,(H,35,39);1-3,8-13,17-18H,4-7,14-16,19,26H2,(H,27,28);2*3-11H,2H2,1H3;1H2/t23?,29-,30+,31+,32+;;2*3?,4-,5-,6-,7-,8+;/m0.11./s1. The summed E-state index contributed by atoms with van der Waals surface area (Å²) in [5, 5.41) is 100. The zero-order valence-corrected chi connectivity index (χ0v) is 59.0. The maximum absolute atomic E-state index is 11.9. The van der Waals surface area contributed by atoms with E-state index < -0.39 is 111 Å². The van der Waals surface area contributed by atoms with Crippen LogP contribution in [0.1, 0.15) is 81.5 Å². The Balaban J connectivity index is 0.000000211. The van der Waals surface area contributed by atoms with E-state index in [1.807, 2.05) is 78.9 Å². The number of aliphatic hydroxyl groups is 9. The van der Waals surface area contributed by atoms with Crippen LogP contribution in [0.3, 0.4) is 0 Å². The maximum Gasteiger partial charge on any atom is 0.407 e. The van der Waals surface area contributed by atoms with E-state index in [0.29, 0.717) is 52.4 Å². The molecule has 0 spiro atoms. The van der Waals surface area contributed by atoms with E-state index in [9.17, 15) is 55.5 Å². The number of fused-ring (bicyclic) bond motifs is 4. The molecular formula is C74H104N4O23S. The molecule has 0 radical (unpaired) electrons. The molecule has 5 heterocycles. The first-order chi connectivity index (χ1) is 48.8. The van der Waals surface area contributed by atoms with Gasteiger partial charge in [0.15, 0.2) is 31.5 Å². The van der Waals surface area contributed by atoms with Crippen molar-refractivity contribution in [3.05, 3.63) is 156 Å². The number of carbonyl (C=O) groups is 2. The Labute approximate surface area is 601 Å². The number of aliphatic hydroxyl groups excluding tert-OH is 9. The van der Waals surface area contributed by atoms with E-state index in [-0.39, 0.29) is 52.6 Å². The first-order valence-electron chi connectivity index (χ1n) is 34.7. The van der Waals surface area contributed by atoms with Crippen molar-refractivity contribution in [2.24, 2.45) is 5.73 Å². The van der Waals surface area contributed by atoms with Gasteiger partial charge in [-0.15, -0.1) is 0 Å². The molecule has 28 heteroatoms. The van der Waals surface area contributed by atoms with Crippen molar-refractivity contribution in [1.82, 2.24) is 16.0 Å². The topological polar surface area (TPSA) is 389 Å². The second kappa shape index (κ2) is 43.8. The lowest BCUT2D eigenvalue weighted by molar-refractivity contribution is -0.348. The third-order valence-corrected chi connectivity index (χ3v) is 17.2. The summed E-state index contributed by atoms with van der Waals surface area (Å²) in [6, 6.07) is 44.5. The van der Waals surface area contributed by atoms with Crippen LogP contribution in [0.2, 0.25) is 0 Å². The van der Waals surface area contributed by atoms with Crippen molar-refractivity contribution in [3.8, 4) is 11.5 Å². The van der Waals surface area contributed by atoms with Gasteiger partial charge in [-0.2, -0.15) is 13.5 Å². The number of hydrogen-bond acceptors (Lipinski definition) is 25. The van der Waals surface area contributed by atoms with Gasteiger partial charge in [-0.05, 0) is 153 Å². The molecule has 3 unspecified atom stereocenters. The van der Waals surface area contributed by atoms with Gasteiger partial charge in [0.25, 0.3) is 0 Å². The van der Waals surface area contributed by atoms with Gasteiger partial charge < -0.3 is 124 Å². The molecule has 5 saturated heterocycles. The second-order valence-corrected chi connectivity index (χ2v) is 25.2. The fourth-order valence-corrected chi connectivity index (χ4v) is 11.5.